The normalized spacial score (nSPS) is 12.3. The maximum absolute atomic E-state index is 10.3. The lowest BCUT2D eigenvalue weighted by Crippen LogP contribution is -2.28. The van der Waals surface area contributed by atoms with E-state index in [4.69, 9.17) is 0 Å². The average molecular weight is 403 g/mol. The van der Waals surface area contributed by atoms with Gasteiger partial charge in [0.2, 0.25) is 0 Å². The molecule has 2 N–H and O–H groups in total. The van der Waals surface area contributed by atoms with E-state index in [1.165, 1.54) is 22.3 Å². The molecule has 2 nitrogen and oxygen atoms in total. The number of hydrogen-bond donors (Lipinski definition) is 2. The van der Waals surface area contributed by atoms with Crippen molar-refractivity contribution >= 4 is 0 Å². The van der Waals surface area contributed by atoms with Gasteiger partial charge in [-0.25, -0.2) is 0 Å². The van der Waals surface area contributed by atoms with Gasteiger partial charge in [0.1, 0.15) is 11.5 Å². The highest BCUT2D eigenvalue weighted by Gasteiger charge is 2.33. The summed E-state index contributed by atoms with van der Waals surface area (Å²) in [5, 5.41) is 20.5. The zero-order chi connectivity index (χ0) is 22.4. The van der Waals surface area contributed by atoms with E-state index in [2.05, 4.69) is 76.2 Å². The molecule has 0 aromatic heterocycles. The molecular weight excluding hydrogens is 368 g/mol. The van der Waals surface area contributed by atoms with Gasteiger partial charge < -0.3 is 10.2 Å². The van der Waals surface area contributed by atoms with E-state index in [1.54, 1.807) is 0 Å². The highest BCUT2D eigenvalue weighted by Crippen LogP contribution is 2.43. The number of hydrogen-bond acceptors (Lipinski definition) is 2. The van der Waals surface area contributed by atoms with Crippen LogP contribution in [0.3, 0.4) is 0 Å². The molecular formula is C28H34O2. The second-order valence-corrected chi connectivity index (χ2v) is 9.71. The van der Waals surface area contributed by atoms with Crippen molar-refractivity contribution in [1.82, 2.24) is 0 Å². The minimum absolute atomic E-state index is 0.238. The molecule has 0 saturated heterocycles. The average Bonchev–Trinajstić information content (AvgIpc) is 2.69. The monoisotopic (exact) mass is 402 g/mol. The molecule has 0 heterocycles. The Bertz CT molecular complexity index is 969. The lowest BCUT2D eigenvalue weighted by molar-refractivity contribution is 0.464. The van der Waals surface area contributed by atoms with Crippen molar-refractivity contribution in [3.8, 4) is 11.5 Å². The Hall–Kier alpha value is -2.74. The van der Waals surface area contributed by atoms with Gasteiger partial charge in [-0.1, -0.05) is 76.2 Å². The predicted octanol–water partition coefficient (Wildman–Crippen LogP) is 6.98. The van der Waals surface area contributed by atoms with Crippen LogP contribution in [0, 0.1) is 27.7 Å². The molecule has 158 valence electrons. The zero-order valence-electron chi connectivity index (χ0n) is 19.5. The molecule has 0 amide bonds. The molecule has 0 aliphatic rings. The summed E-state index contributed by atoms with van der Waals surface area (Å²) >= 11 is 0. The van der Waals surface area contributed by atoms with Crippen molar-refractivity contribution in [3.63, 3.8) is 0 Å². The number of aromatic hydroxyl groups is 2. The molecule has 0 atom stereocenters. The van der Waals surface area contributed by atoms with E-state index >= 15 is 0 Å². The molecule has 3 aromatic carbocycles. The SMILES string of the molecule is Cc1cc(C(C)(C)c2ccccc2C(C)(C)c2cc(C)c(O)c(C)c2)cc(C)c1O. The topological polar surface area (TPSA) is 40.5 Å². The van der Waals surface area contributed by atoms with Crippen LogP contribution in [0.5, 0.6) is 11.5 Å². The first-order valence-electron chi connectivity index (χ1n) is 10.6. The number of phenolic OH excluding ortho intramolecular Hbond substituents is 2. The van der Waals surface area contributed by atoms with Crippen LogP contribution in [0.25, 0.3) is 0 Å². The van der Waals surface area contributed by atoms with Crippen molar-refractivity contribution in [2.24, 2.45) is 0 Å². The molecule has 0 saturated carbocycles. The van der Waals surface area contributed by atoms with Crippen LogP contribution in [0.2, 0.25) is 0 Å². The first kappa shape index (κ1) is 22.0. The third-order valence-electron chi connectivity index (χ3n) is 6.70. The third-order valence-corrected chi connectivity index (χ3v) is 6.70. The number of rotatable bonds is 4. The number of aryl methyl sites for hydroxylation is 4. The highest BCUT2D eigenvalue weighted by molar-refractivity contribution is 5.54. The summed E-state index contributed by atoms with van der Waals surface area (Å²) < 4.78 is 0. The van der Waals surface area contributed by atoms with Crippen molar-refractivity contribution in [2.75, 3.05) is 0 Å². The largest absolute Gasteiger partial charge is 0.507 e. The summed E-state index contributed by atoms with van der Waals surface area (Å²) in [6, 6.07) is 17.0. The van der Waals surface area contributed by atoms with E-state index in [1.807, 2.05) is 27.7 Å². The third kappa shape index (κ3) is 3.60. The van der Waals surface area contributed by atoms with E-state index < -0.39 is 0 Å². The summed E-state index contributed by atoms with van der Waals surface area (Å²) in [6.07, 6.45) is 0. The minimum atomic E-state index is -0.238. The molecule has 0 unspecified atom stereocenters. The van der Waals surface area contributed by atoms with Gasteiger partial charge in [-0.05, 0) is 72.2 Å². The molecule has 0 fully saturated rings. The first-order chi connectivity index (χ1) is 13.9. The van der Waals surface area contributed by atoms with E-state index in [0.717, 1.165) is 22.3 Å². The van der Waals surface area contributed by atoms with Crippen LogP contribution in [-0.4, -0.2) is 10.2 Å². The Morgan fingerprint density at radius 2 is 0.800 bits per heavy atom. The van der Waals surface area contributed by atoms with Gasteiger partial charge in [0.05, 0.1) is 0 Å². The van der Waals surface area contributed by atoms with Crippen LogP contribution in [0.1, 0.15) is 72.2 Å². The Morgan fingerprint density at radius 1 is 0.533 bits per heavy atom. The Labute approximate surface area is 181 Å². The van der Waals surface area contributed by atoms with Crippen molar-refractivity contribution in [3.05, 3.63) is 93.0 Å². The molecule has 0 aliphatic carbocycles. The molecule has 30 heavy (non-hydrogen) atoms. The van der Waals surface area contributed by atoms with Gasteiger partial charge in [0, 0.05) is 10.8 Å². The van der Waals surface area contributed by atoms with E-state index in [0.29, 0.717) is 11.5 Å². The molecule has 0 aliphatic heterocycles. The Morgan fingerprint density at radius 3 is 1.07 bits per heavy atom. The van der Waals surface area contributed by atoms with Gasteiger partial charge in [-0.15, -0.1) is 0 Å². The summed E-state index contributed by atoms with van der Waals surface area (Å²) in [4.78, 5) is 0. The fourth-order valence-corrected chi connectivity index (χ4v) is 4.52. The number of phenols is 2. The van der Waals surface area contributed by atoms with Crippen LogP contribution < -0.4 is 0 Å². The lowest BCUT2D eigenvalue weighted by atomic mass is 9.68. The van der Waals surface area contributed by atoms with Gasteiger partial charge >= 0.3 is 0 Å². The molecule has 0 radical (unpaired) electrons. The van der Waals surface area contributed by atoms with Crippen molar-refractivity contribution < 1.29 is 10.2 Å². The summed E-state index contributed by atoms with van der Waals surface area (Å²) in [6.45, 7) is 16.8. The Balaban J connectivity index is 2.21. The minimum Gasteiger partial charge on any atom is -0.507 e. The van der Waals surface area contributed by atoms with E-state index in [9.17, 15) is 10.2 Å². The molecule has 2 heteroatoms. The summed E-state index contributed by atoms with van der Waals surface area (Å²) in [7, 11) is 0. The molecule has 3 aromatic rings. The van der Waals surface area contributed by atoms with Crippen LogP contribution in [0.15, 0.2) is 48.5 Å². The summed E-state index contributed by atoms with van der Waals surface area (Å²) in [5.41, 5.74) is 8.05. The summed E-state index contributed by atoms with van der Waals surface area (Å²) in [5.74, 6) is 0.747. The first-order valence-corrected chi connectivity index (χ1v) is 10.6. The van der Waals surface area contributed by atoms with Crippen LogP contribution in [0.4, 0.5) is 0 Å². The fourth-order valence-electron chi connectivity index (χ4n) is 4.52. The predicted molar refractivity (Wildman–Crippen MR) is 126 cm³/mol. The molecule has 3 rings (SSSR count). The highest BCUT2D eigenvalue weighted by atomic mass is 16.3. The standard InChI is InChI=1S/C28H34O2/c1-17-13-21(14-18(2)25(17)29)27(5,6)23-11-9-10-12-24(23)28(7,8)22-15-19(3)26(30)20(4)16-22/h9-16,29-30H,1-8H3. The number of benzene rings is 3. The van der Waals surface area contributed by atoms with Gasteiger partial charge in [0.25, 0.3) is 0 Å². The zero-order valence-corrected chi connectivity index (χ0v) is 19.5. The molecule has 0 spiro atoms. The van der Waals surface area contributed by atoms with Gasteiger partial charge in [-0.2, -0.15) is 0 Å². The van der Waals surface area contributed by atoms with Gasteiger partial charge in [-0.3, -0.25) is 0 Å². The quantitative estimate of drug-likeness (QED) is 0.494. The second-order valence-electron chi connectivity index (χ2n) is 9.71. The lowest BCUT2D eigenvalue weighted by Gasteiger charge is -2.36. The second kappa shape index (κ2) is 7.50. The van der Waals surface area contributed by atoms with Crippen LogP contribution >= 0.6 is 0 Å². The van der Waals surface area contributed by atoms with E-state index in [-0.39, 0.29) is 10.8 Å². The smallest absolute Gasteiger partial charge is 0.121 e. The Kier molecular flexibility index (Phi) is 5.49. The van der Waals surface area contributed by atoms with Crippen LogP contribution in [-0.2, 0) is 10.8 Å². The van der Waals surface area contributed by atoms with Gasteiger partial charge in [0.15, 0.2) is 0 Å². The maximum atomic E-state index is 10.3. The molecule has 0 bridgehead atoms. The maximum Gasteiger partial charge on any atom is 0.121 e. The van der Waals surface area contributed by atoms with Crippen molar-refractivity contribution in [2.45, 2.75) is 66.2 Å². The van der Waals surface area contributed by atoms with Crippen molar-refractivity contribution in [1.29, 1.82) is 0 Å². The fraction of sp³-hybridized carbons (Fsp3) is 0.357.